The average Bonchev–Trinajstić information content (AvgIpc) is 3.44. The molecule has 5 heteroatoms. The van der Waals surface area contributed by atoms with Gasteiger partial charge in [0.2, 0.25) is 0 Å². The van der Waals surface area contributed by atoms with Crippen molar-refractivity contribution in [3.8, 4) is 0 Å². The zero-order valence-corrected chi connectivity index (χ0v) is 23.7. The Bertz CT molecular complexity index is 807. The summed E-state index contributed by atoms with van der Waals surface area (Å²) in [6.07, 6.45) is 30.6. The molecule has 36 heavy (non-hydrogen) atoms. The predicted octanol–water partition coefficient (Wildman–Crippen LogP) is 8.47. The highest BCUT2D eigenvalue weighted by molar-refractivity contribution is 7.63. The third-order valence-electron chi connectivity index (χ3n) is 6.96. The molecular formula is C31H50N2O2P+. The van der Waals surface area contributed by atoms with E-state index in [0.29, 0.717) is 19.1 Å². The SMILES string of the molecule is C=[P+](CCCOC(=O)CCCCCCCCCCCC(CCCCC)n1ccnc1)c1ccccc1. The van der Waals surface area contributed by atoms with Crippen LogP contribution in [0.4, 0.5) is 0 Å². The molecule has 0 saturated carbocycles. The molecule has 0 fully saturated rings. The summed E-state index contributed by atoms with van der Waals surface area (Å²) >= 11 is 0. The zero-order valence-electron chi connectivity index (χ0n) is 22.8. The van der Waals surface area contributed by atoms with E-state index in [9.17, 15) is 4.79 Å². The van der Waals surface area contributed by atoms with Crippen molar-refractivity contribution in [2.75, 3.05) is 12.8 Å². The van der Waals surface area contributed by atoms with E-state index >= 15 is 0 Å². The fraction of sp³-hybridized carbons (Fsp3) is 0.645. The van der Waals surface area contributed by atoms with Crippen LogP contribution in [0.5, 0.6) is 0 Å². The maximum atomic E-state index is 12.0. The van der Waals surface area contributed by atoms with Gasteiger partial charge in [-0.25, -0.2) is 4.98 Å². The van der Waals surface area contributed by atoms with Crippen LogP contribution in [0.25, 0.3) is 0 Å². The Hall–Kier alpha value is -1.93. The molecule has 1 aromatic carbocycles. The van der Waals surface area contributed by atoms with Crippen molar-refractivity contribution in [1.82, 2.24) is 9.55 Å². The molecule has 0 aliphatic rings. The molecule has 2 atom stereocenters. The number of carbonyl (C=O) groups is 1. The minimum atomic E-state index is -0.390. The molecule has 0 aliphatic heterocycles. The second kappa shape index (κ2) is 20.2. The van der Waals surface area contributed by atoms with Crippen molar-refractivity contribution >= 4 is 25.1 Å². The quantitative estimate of drug-likeness (QED) is 0.0901. The summed E-state index contributed by atoms with van der Waals surface area (Å²) in [6, 6.07) is 11.1. The summed E-state index contributed by atoms with van der Waals surface area (Å²) in [5.74, 6) is -0.0354. The van der Waals surface area contributed by atoms with Crippen molar-refractivity contribution in [3.05, 3.63) is 49.1 Å². The predicted molar refractivity (Wildman–Crippen MR) is 157 cm³/mol. The van der Waals surface area contributed by atoms with E-state index in [4.69, 9.17) is 4.74 Å². The van der Waals surface area contributed by atoms with Crippen LogP contribution in [-0.4, -0.2) is 34.6 Å². The molecule has 2 aromatic rings. The lowest BCUT2D eigenvalue weighted by molar-refractivity contribution is -0.143. The second-order valence-electron chi connectivity index (χ2n) is 10.1. The Balaban J connectivity index is 1.37. The van der Waals surface area contributed by atoms with Crippen molar-refractivity contribution in [3.63, 3.8) is 0 Å². The molecule has 0 saturated heterocycles. The maximum Gasteiger partial charge on any atom is 0.305 e. The highest BCUT2D eigenvalue weighted by atomic mass is 31.1. The normalized spacial score (nSPS) is 12.4. The molecule has 4 nitrogen and oxygen atoms in total. The first-order valence-electron chi connectivity index (χ1n) is 14.5. The number of rotatable bonds is 22. The number of nitrogens with zero attached hydrogens (tertiary/aromatic N) is 2. The third kappa shape index (κ3) is 14.0. The molecule has 200 valence electrons. The minimum Gasteiger partial charge on any atom is -0.466 e. The lowest BCUT2D eigenvalue weighted by Gasteiger charge is -2.18. The van der Waals surface area contributed by atoms with Crippen molar-refractivity contribution in [1.29, 1.82) is 0 Å². The van der Waals surface area contributed by atoms with Crippen LogP contribution >= 0.6 is 7.55 Å². The monoisotopic (exact) mass is 513 g/mol. The van der Waals surface area contributed by atoms with Crippen molar-refractivity contribution in [2.24, 2.45) is 0 Å². The molecule has 0 N–H and O–H groups in total. The molecular weight excluding hydrogens is 463 g/mol. The Morgan fingerprint density at radius 3 is 2.19 bits per heavy atom. The number of hydrogen-bond donors (Lipinski definition) is 0. The van der Waals surface area contributed by atoms with Gasteiger partial charge in [-0.1, -0.05) is 95.8 Å². The summed E-state index contributed by atoms with van der Waals surface area (Å²) in [4.78, 5) is 16.2. The molecule has 0 radical (unpaired) electrons. The number of hydrogen-bond acceptors (Lipinski definition) is 3. The van der Waals surface area contributed by atoms with E-state index < -0.39 is 7.55 Å². The standard InChI is InChI=1S/C31H50N2O2P/c1-3-4-13-19-29(33-25-24-32-28-33)20-14-10-8-6-5-7-9-11-17-23-31(34)35-26-18-27-36(2)30-21-15-12-16-22-30/h12,15-16,21-22,24-25,28-29H,2-11,13-14,17-20,23,26-27H2,1H3/q+1. The Labute approximate surface area is 221 Å². The van der Waals surface area contributed by atoms with Crippen LogP contribution in [0.3, 0.4) is 0 Å². The van der Waals surface area contributed by atoms with Crippen LogP contribution in [-0.2, 0) is 9.53 Å². The van der Waals surface area contributed by atoms with Crippen LogP contribution in [0.1, 0.15) is 116 Å². The van der Waals surface area contributed by atoms with E-state index in [-0.39, 0.29) is 5.97 Å². The van der Waals surface area contributed by atoms with Gasteiger partial charge in [0.15, 0.2) is 0 Å². The van der Waals surface area contributed by atoms with Gasteiger partial charge in [-0.3, -0.25) is 4.79 Å². The van der Waals surface area contributed by atoms with Gasteiger partial charge in [0.25, 0.3) is 0 Å². The van der Waals surface area contributed by atoms with Gasteiger partial charge in [-0.2, -0.15) is 0 Å². The van der Waals surface area contributed by atoms with Gasteiger partial charge < -0.3 is 9.30 Å². The van der Waals surface area contributed by atoms with Crippen molar-refractivity contribution in [2.45, 2.75) is 116 Å². The molecule has 0 spiro atoms. The number of aromatic nitrogens is 2. The fourth-order valence-electron chi connectivity index (χ4n) is 4.73. The summed E-state index contributed by atoms with van der Waals surface area (Å²) in [6.45, 7) is 2.80. The first-order chi connectivity index (χ1) is 17.7. The van der Waals surface area contributed by atoms with E-state index in [0.717, 1.165) is 25.4 Å². The minimum absolute atomic E-state index is 0.0354. The van der Waals surface area contributed by atoms with E-state index in [1.54, 1.807) is 0 Å². The third-order valence-corrected chi connectivity index (χ3v) is 8.85. The number of carbonyl (C=O) groups excluding carboxylic acids is 1. The number of imidazole rings is 1. The van der Waals surface area contributed by atoms with Crippen LogP contribution in [0, 0.1) is 0 Å². The molecule has 0 bridgehead atoms. The zero-order chi connectivity index (χ0) is 25.7. The summed E-state index contributed by atoms with van der Waals surface area (Å²) in [5.41, 5.74) is 0. The van der Waals surface area contributed by atoms with Crippen molar-refractivity contribution < 1.29 is 9.53 Å². The lowest BCUT2D eigenvalue weighted by Crippen LogP contribution is -2.07. The van der Waals surface area contributed by atoms with Gasteiger partial charge in [-0.15, -0.1) is 0 Å². The summed E-state index contributed by atoms with van der Waals surface area (Å²) in [5, 5.41) is 1.32. The molecule has 1 aromatic heterocycles. The average molecular weight is 514 g/mol. The lowest BCUT2D eigenvalue weighted by atomic mass is 10.0. The maximum absolute atomic E-state index is 12.0. The first-order valence-corrected chi connectivity index (χ1v) is 16.2. The first kappa shape index (κ1) is 30.3. The number of benzene rings is 1. The van der Waals surface area contributed by atoms with E-state index in [2.05, 4.69) is 53.2 Å². The highest BCUT2D eigenvalue weighted by Crippen LogP contribution is 2.23. The number of esters is 1. The van der Waals surface area contributed by atoms with E-state index in [1.165, 1.54) is 82.4 Å². The second-order valence-corrected chi connectivity index (χ2v) is 12.1. The Morgan fingerprint density at radius 1 is 0.917 bits per heavy atom. The van der Waals surface area contributed by atoms with Crippen LogP contribution in [0.2, 0.25) is 0 Å². The fourth-order valence-corrected chi connectivity index (χ4v) is 6.09. The van der Waals surface area contributed by atoms with Gasteiger partial charge in [0, 0.05) is 31.3 Å². The largest absolute Gasteiger partial charge is 0.466 e. The van der Waals surface area contributed by atoms with Gasteiger partial charge >= 0.3 is 5.97 Å². The van der Waals surface area contributed by atoms with Crippen LogP contribution < -0.4 is 5.30 Å². The Morgan fingerprint density at radius 2 is 1.56 bits per heavy atom. The molecule has 0 amide bonds. The summed E-state index contributed by atoms with van der Waals surface area (Å²) < 4.78 is 7.73. The molecule has 2 rings (SSSR count). The molecule has 1 heterocycles. The van der Waals surface area contributed by atoms with Gasteiger partial charge in [0.05, 0.1) is 19.2 Å². The smallest absolute Gasteiger partial charge is 0.305 e. The van der Waals surface area contributed by atoms with E-state index in [1.807, 2.05) is 18.6 Å². The number of ether oxygens (including phenoxy) is 1. The molecule has 2 unspecified atom stereocenters. The topological polar surface area (TPSA) is 44.1 Å². The highest BCUT2D eigenvalue weighted by Gasteiger charge is 2.11. The van der Waals surface area contributed by atoms with Gasteiger partial charge in [0.1, 0.15) is 19.0 Å². The Kier molecular flexibility index (Phi) is 17.0. The number of unbranched alkanes of at least 4 members (excludes halogenated alkanes) is 10. The molecule has 0 aliphatic carbocycles. The van der Waals surface area contributed by atoms with Gasteiger partial charge in [-0.05, 0) is 31.4 Å². The van der Waals surface area contributed by atoms with Crippen LogP contribution in [0.15, 0.2) is 49.1 Å². The summed E-state index contributed by atoms with van der Waals surface area (Å²) in [7, 11) is -0.390.